The summed E-state index contributed by atoms with van der Waals surface area (Å²) >= 11 is 1.54. The van der Waals surface area contributed by atoms with Crippen molar-refractivity contribution < 1.29 is 24.1 Å². The van der Waals surface area contributed by atoms with Crippen molar-refractivity contribution in [2.45, 2.75) is 32.7 Å². The summed E-state index contributed by atoms with van der Waals surface area (Å²) in [5, 5.41) is 4.74. The predicted molar refractivity (Wildman–Crippen MR) is 96.5 cm³/mol. The van der Waals surface area contributed by atoms with Crippen molar-refractivity contribution in [2.75, 3.05) is 26.8 Å². The van der Waals surface area contributed by atoms with Crippen molar-refractivity contribution in [2.24, 2.45) is 0 Å². The summed E-state index contributed by atoms with van der Waals surface area (Å²) in [5.41, 5.74) is -0.356. The number of nitrogens with one attached hydrogen (secondary N) is 2. The Balaban J connectivity index is 1.92. The maximum Gasteiger partial charge on any atom is 0.338 e. The topological polar surface area (TPSA) is 91.2 Å². The first-order chi connectivity index (χ1) is 12.1. The van der Waals surface area contributed by atoms with Gasteiger partial charge in [-0.05, 0) is 32.2 Å². The fourth-order valence-electron chi connectivity index (χ4n) is 2.63. The molecule has 1 aliphatic heterocycles. The van der Waals surface area contributed by atoms with Crippen LogP contribution in [0, 0.1) is 0 Å². The molecule has 2 rings (SSSR count). The molecular weight excluding hydrogens is 356 g/mol. The summed E-state index contributed by atoms with van der Waals surface area (Å²) < 4.78 is 0. The number of rotatable bonds is 7. The molecule has 1 saturated heterocycles. The van der Waals surface area contributed by atoms with Crippen LogP contribution < -0.4 is 10.2 Å². The zero-order valence-corrected chi connectivity index (χ0v) is 16.3. The molecule has 1 aliphatic rings. The summed E-state index contributed by atoms with van der Waals surface area (Å²) in [6, 6.07) is 3.19. The molecule has 1 unspecified atom stereocenters. The number of amides is 5. The van der Waals surface area contributed by atoms with E-state index in [2.05, 4.69) is 5.32 Å². The maximum atomic E-state index is 12.4. The highest BCUT2D eigenvalue weighted by Gasteiger charge is 2.45. The Kier molecular flexibility index (Phi) is 6.14. The minimum absolute atomic E-state index is 0.0313. The minimum Gasteiger partial charge on any atom is -0.347 e. The molecule has 0 saturated carbocycles. The van der Waals surface area contributed by atoms with Gasteiger partial charge in [0, 0.05) is 23.4 Å². The van der Waals surface area contributed by atoms with Crippen molar-refractivity contribution in [3.8, 4) is 0 Å². The van der Waals surface area contributed by atoms with E-state index in [0.29, 0.717) is 11.3 Å². The summed E-state index contributed by atoms with van der Waals surface area (Å²) in [6.07, 6.45) is 0.521. The third kappa shape index (κ3) is 5.12. The van der Waals surface area contributed by atoms with Gasteiger partial charge < -0.3 is 10.2 Å². The van der Waals surface area contributed by atoms with Crippen LogP contribution in [0.3, 0.4) is 0 Å². The van der Waals surface area contributed by atoms with Gasteiger partial charge >= 0.3 is 17.8 Å². The Hall–Kier alpha value is -2.26. The second-order valence-electron chi connectivity index (χ2n) is 7.39. The molecule has 5 amide bonds. The van der Waals surface area contributed by atoms with Crippen molar-refractivity contribution >= 4 is 35.1 Å². The second kappa shape index (κ2) is 7.96. The zero-order valence-electron chi connectivity index (χ0n) is 15.5. The second-order valence-corrected chi connectivity index (χ2v) is 8.42. The fourth-order valence-corrected chi connectivity index (χ4v) is 3.32. The first kappa shape index (κ1) is 20.1. The van der Waals surface area contributed by atoms with Gasteiger partial charge in [0.2, 0.25) is 0 Å². The van der Waals surface area contributed by atoms with Crippen LogP contribution >= 0.6 is 11.3 Å². The van der Waals surface area contributed by atoms with Gasteiger partial charge in [0.05, 0.1) is 7.05 Å². The number of imide groups is 2. The standard InChI is InChI=1S/C17H24N4O4S/c1-17(2,3)18-13(22)10-19(4)11-21-15(24)14(23)20(16(21)25)8-7-12-6-5-9-26-12/h5-6,9H,7-8,10-11H2,1-4H3,(H,18,22)/p+1. The molecule has 2 N–H and O–H groups in total. The predicted octanol–water partition coefficient (Wildman–Crippen LogP) is -0.532. The van der Waals surface area contributed by atoms with Gasteiger partial charge in [-0.15, -0.1) is 11.3 Å². The third-order valence-corrected chi connectivity index (χ3v) is 4.64. The number of carbonyl (C=O) groups excluding carboxylic acids is 4. The highest BCUT2D eigenvalue weighted by atomic mass is 32.1. The number of quaternary nitrogens is 1. The number of hydrogen-bond donors (Lipinski definition) is 2. The van der Waals surface area contributed by atoms with Crippen molar-refractivity contribution in [1.29, 1.82) is 0 Å². The van der Waals surface area contributed by atoms with Gasteiger partial charge in [-0.25, -0.2) is 9.69 Å². The van der Waals surface area contributed by atoms with Crippen LogP contribution in [0.4, 0.5) is 4.79 Å². The molecule has 1 atom stereocenters. The van der Waals surface area contributed by atoms with E-state index in [4.69, 9.17) is 0 Å². The number of hydrogen-bond acceptors (Lipinski definition) is 5. The highest BCUT2D eigenvalue weighted by molar-refractivity contribution is 7.09. The average Bonchev–Trinajstić information content (AvgIpc) is 3.08. The summed E-state index contributed by atoms with van der Waals surface area (Å²) in [5.74, 6) is -1.83. The first-order valence-corrected chi connectivity index (χ1v) is 9.28. The van der Waals surface area contributed by atoms with E-state index in [1.165, 1.54) is 11.3 Å². The summed E-state index contributed by atoms with van der Waals surface area (Å²) in [4.78, 5) is 52.2. The number of urea groups is 1. The summed E-state index contributed by atoms with van der Waals surface area (Å²) in [6.45, 7) is 5.85. The lowest BCUT2D eigenvalue weighted by Gasteiger charge is -2.23. The van der Waals surface area contributed by atoms with Crippen LogP contribution in [0.25, 0.3) is 0 Å². The Bertz CT molecular complexity index is 696. The molecule has 9 heteroatoms. The molecule has 0 radical (unpaired) electrons. The molecular formula is C17H25N4O4S+. The lowest BCUT2D eigenvalue weighted by molar-refractivity contribution is -0.879. The Morgan fingerprint density at radius 1 is 1.19 bits per heavy atom. The van der Waals surface area contributed by atoms with Gasteiger partial charge in [0.1, 0.15) is 0 Å². The molecule has 0 aliphatic carbocycles. The maximum absolute atomic E-state index is 12.4. The largest absolute Gasteiger partial charge is 0.347 e. The Morgan fingerprint density at radius 3 is 2.42 bits per heavy atom. The Morgan fingerprint density at radius 2 is 1.85 bits per heavy atom. The van der Waals surface area contributed by atoms with E-state index < -0.39 is 17.8 Å². The average molecular weight is 381 g/mol. The molecule has 2 heterocycles. The molecule has 1 fully saturated rings. The lowest BCUT2D eigenvalue weighted by Crippen LogP contribution is -3.12. The van der Waals surface area contributed by atoms with Crippen LogP contribution in [0.1, 0.15) is 25.6 Å². The van der Waals surface area contributed by atoms with E-state index in [1.54, 1.807) is 7.05 Å². The van der Waals surface area contributed by atoms with E-state index in [1.807, 2.05) is 38.3 Å². The zero-order chi connectivity index (χ0) is 19.5. The normalized spacial score (nSPS) is 16.4. The monoisotopic (exact) mass is 381 g/mol. The van der Waals surface area contributed by atoms with Crippen molar-refractivity contribution in [1.82, 2.24) is 15.1 Å². The van der Waals surface area contributed by atoms with Crippen LogP contribution in [-0.2, 0) is 20.8 Å². The van der Waals surface area contributed by atoms with Crippen molar-refractivity contribution in [3.05, 3.63) is 22.4 Å². The van der Waals surface area contributed by atoms with Gasteiger partial charge in [-0.3, -0.25) is 19.3 Å². The van der Waals surface area contributed by atoms with Gasteiger partial charge in [0.25, 0.3) is 5.91 Å². The van der Waals surface area contributed by atoms with Crippen LogP contribution in [0.15, 0.2) is 17.5 Å². The molecule has 0 spiro atoms. The molecule has 142 valence electrons. The van der Waals surface area contributed by atoms with Crippen LogP contribution in [0.2, 0.25) is 0 Å². The molecule has 0 bridgehead atoms. The Labute approximate surface area is 156 Å². The minimum atomic E-state index is -0.836. The summed E-state index contributed by atoms with van der Waals surface area (Å²) in [7, 11) is 1.70. The lowest BCUT2D eigenvalue weighted by atomic mass is 10.1. The van der Waals surface area contributed by atoms with E-state index in [-0.39, 0.29) is 31.2 Å². The molecule has 1 aromatic heterocycles. The molecule has 26 heavy (non-hydrogen) atoms. The van der Waals surface area contributed by atoms with Gasteiger partial charge in [-0.2, -0.15) is 0 Å². The van der Waals surface area contributed by atoms with Crippen LogP contribution in [0.5, 0.6) is 0 Å². The van der Waals surface area contributed by atoms with Crippen LogP contribution in [-0.4, -0.2) is 65.9 Å². The highest BCUT2D eigenvalue weighted by Crippen LogP contribution is 2.14. The number of thiophene rings is 1. The van der Waals surface area contributed by atoms with E-state index in [0.717, 1.165) is 14.7 Å². The SMILES string of the molecule is C[NH+](CC(=O)NC(C)(C)C)CN1C(=O)C(=O)N(CCc2cccs2)C1=O. The van der Waals surface area contributed by atoms with Crippen molar-refractivity contribution in [3.63, 3.8) is 0 Å². The quantitative estimate of drug-likeness (QED) is 0.491. The number of likely N-dealkylation sites (N-methyl/N-ethyl adjacent to an activating group) is 1. The first-order valence-electron chi connectivity index (χ1n) is 8.40. The fraction of sp³-hybridized carbons (Fsp3) is 0.529. The third-order valence-electron chi connectivity index (χ3n) is 3.70. The van der Waals surface area contributed by atoms with Gasteiger partial charge in [-0.1, -0.05) is 6.07 Å². The van der Waals surface area contributed by atoms with E-state index in [9.17, 15) is 19.2 Å². The smallest absolute Gasteiger partial charge is 0.338 e. The van der Waals surface area contributed by atoms with E-state index >= 15 is 0 Å². The molecule has 8 nitrogen and oxygen atoms in total. The van der Waals surface area contributed by atoms with Gasteiger partial charge in [0.15, 0.2) is 13.2 Å². The number of nitrogens with zero attached hydrogens (tertiary/aromatic N) is 2. The molecule has 1 aromatic rings. The molecule has 0 aromatic carbocycles. The number of carbonyl (C=O) groups is 4.